The van der Waals surface area contributed by atoms with E-state index in [1.165, 1.54) is 13.8 Å². The number of rotatable bonds is 4. The van der Waals surface area contributed by atoms with Crippen LogP contribution in [0.4, 0.5) is 4.79 Å². The first-order chi connectivity index (χ1) is 6.29. The number of alkyl halides is 1. The molecule has 0 aromatic carbocycles. The molecule has 0 bridgehead atoms. The molecule has 0 rings (SSSR count). The molecule has 0 aromatic rings. The maximum absolute atomic E-state index is 11.3. The molecule has 0 spiro atoms. The van der Waals surface area contributed by atoms with Crippen LogP contribution in [0, 0.1) is 0 Å². The highest BCUT2D eigenvalue weighted by Crippen LogP contribution is 2.13. The van der Waals surface area contributed by atoms with Crippen LogP contribution in [0.3, 0.4) is 0 Å². The third kappa shape index (κ3) is 4.32. The minimum Gasteiger partial charge on any atom is -0.458 e. The summed E-state index contributed by atoms with van der Waals surface area (Å²) in [6.45, 7) is 4.22. The first kappa shape index (κ1) is 13.0. The van der Waals surface area contributed by atoms with Crippen molar-refractivity contribution in [2.24, 2.45) is 0 Å². The molecular formula is C8H13ClO5. The van der Waals surface area contributed by atoms with Crippen molar-refractivity contribution >= 4 is 23.7 Å². The van der Waals surface area contributed by atoms with Crippen LogP contribution in [-0.2, 0) is 14.3 Å². The number of carbonyl (C=O) groups is 2. The Morgan fingerprint density at radius 3 is 2.36 bits per heavy atom. The number of carbonyl (C=O) groups excluding carboxylic acids is 1. The second kappa shape index (κ2) is 5.05. The third-order valence-electron chi connectivity index (χ3n) is 1.36. The quantitative estimate of drug-likeness (QED) is 0.580. The number of carboxylic acid groups (broad SMARTS) is 1. The van der Waals surface area contributed by atoms with Gasteiger partial charge in [-0.2, -0.15) is 0 Å². The smallest absolute Gasteiger partial charge is 0.458 e. The van der Waals surface area contributed by atoms with E-state index in [9.17, 15) is 9.59 Å². The molecule has 0 saturated carbocycles. The van der Waals surface area contributed by atoms with Gasteiger partial charge in [0.05, 0.1) is 5.88 Å². The Hall–Kier alpha value is -0.970. The predicted molar refractivity (Wildman–Crippen MR) is 49.5 cm³/mol. The van der Waals surface area contributed by atoms with Gasteiger partial charge < -0.3 is 14.6 Å². The molecule has 0 aliphatic heterocycles. The summed E-state index contributed by atoms with van der Waals surface area (Å²) < 4.78 is 9.15. The van der Waals surface area contributed by atoms with Gasteiger partial charge in [0, 0.05) is 0 Å². The van der Waals surface area contributed by atoms with E-state index in [0.29, 0.717) is 0 Å². The molecule has 0 aliphatic carbocycles. The SMILES string of the molecule is CC(CCl)OC(=O)C(C)(C)OC(=O)O. The van der Waals surface area contributed by atoms with E-state index in [1.807, 2.05) is 0 Å². The fraction of sp³-hybridized carbons (Fsp3) is 0.750. The van der Waals surface area contributed by atoms with Gasteiger partial charge in [0.2, 0.25) is 5.60 Å². The van der Waals surface area contributed by atoms with Gasteiger partial charge in [-0.1, -0.05) is 0 Å². The van der Waals surface area contributed by atoms with Crippen LogP contribution in [0.2, 0.25) is 0 Å². The molecule has 0 saturated heterocycles. The van der Waals surface area contributed by atoms with Crippen LogP contribution < -0.4 is 0 Å². The first-order valence-electron chi connectivity index (χ1n) is 3.98. The highest BCUT2D eigenvalue weighted by atomic mass is 35.5. The van der Waals surface area contributed by atoms with Crippen LogP contribution >= 0.6 is 11.6 Å². The monoisotopic (exact) mass is 224 g/mol. The van der Waals surface area contributed by atoms with Crippen molar-refractivity contribution in [2.75, 3.05) is 5.88 Å². The normalized spacial score (nSPS) is 13.1. The minimum atomic E-state index is -1.52. The van der Waals surface area contributed by atoms with E-state index in [4.69, 9.17) is 21.4 Å². The molecule has 0 aliphatic rings. The van der Waals surface area contributed by atoms with E-state index in [2.05, 4.69) is 4.74 Å². The molecule has 5 nitrogen and oxygen atoms in total. The largest absolute Gasteiger partial charge is 0.506 e. The van der Waals surface area contributed by atoms with Crippen LogP contribution in [0.5, 0.6) is 0 Å². The maximum Gasteiger partial charge on any atom is 0.506 e. The van der Waals surface area contributed by atoms with Crippen molar-refractivity contribution < 1.29 is 24.2 Å². The summed E-state index contributed by atoms with van der Waals surface area (Å²) in [5.41, 5.74) is -1.51. The van der Waals surface area contributed by atoms with Gasteiger partial charge >= 0.3 is 12.1 Å². The van der Waals surface area contributed by atoms with Gasteiger partial charge in [0.25, 0.3) is 0 Å². The van der Waals surface area contributed by atoms with E-state index >= 15 is 0 Å². The van der Waals surface area contributed by atoms with E-state index in [-0.39, 0.29) is 5.88 Å². The summed E-state index contributed by atoms with van der Waals surface area (Å²) in [7, 11) is 0. The molecule has 1 unspecified atom stereocenters. The van der Waals surface area contributed by atoms with Gasteiger partial charge in [0.1, 0.15) is 6.10 Å². The number of ether oxygens (including phenoxy) is 2. The van der Waals surface area contributed by atoms with Crippen LogP contribution in [0.25, 0.3) is 0 Å². The molecule has 1 atom stereocenters. The van der Waals surface area contributed by atoms with Crippen molar-refractivity contribution in [1.82, 2.24) is 0 Å². The van der Waals surface area contributed by atoms with Crippen molar-refractivity contribution in [3.8, 4) is 0 Å². The summed E-state index contributed by atoms with van der Waals surface area (Å²) in [5.74, 6) is -0.609. The number of hydrogen-bond acceptors (Lipinski definition) is 4. The summed E-state index contributed by atoms with van der Waals surface area (Å²) in [6.07, 6.45) is -1.99. The Kier molecular flexibility index (Phi) is 4.70. The van der Waals surface area contributed by atoms with E-state index in [1.54, 1.807) is 6.92 Å². The average molecular weight is 225 g/mol. The lowest BCUT2D eigenvalue weighted by Crippen LogP contribution is -2.40. The van der Waals surface area contributed by atoms with Gasteiger partial charge in [-0.05, 0) is 20.8 Å². The number of halogens is 1. The zero-order chi connectivity index (χ0) is 11.4. The van der Waals surface area contributed by atoms with Gasteiger partial charge in [0.15, 0.2) is 0 Å². The predicted octanol–water partition coefficient (Wildman–Crippen LogP) is 1.63. The molecule has 0 radical (unpaired) electrons. The molecule has 0 fully saturated rings. The molecule has 6 heteroatoms. The summed E-state index contributed by atoms with van der Waals surface area (Å²) >= 11 is 5.42. The van der Waals surface area contributed by atoms with Gasteiger partial charge in [-0.3, -0.25) is 0 Å². The Balaban J connectivity index is 4.28. The lowest BCUT2D eigenvalue weighted by molar-refractivity contribution is -0.167. The fourth-order valence-corrected chi connectivity index (χ4v) is 0.679. The van der Waals surface area contributed by atoms with Gasteiger partial charge in [-0.25, -0.2) is 9.59 Å². The highest BCUT2D eigenvalue weighted by molar-refractivity contribution is 6.18. The van der Waals surface area contributed by atoms with Gasteiger partial charge in [-0.15, -0.1) is 11.6 Å². The standard InChI is InChI=1S/C8H13ClO5/c1-5(4-9)13-6(10)8(2,3)14-7(11)12/h5H,4H2,1-3H3,(H,11,12). The highest BCUT2D eigenvalue weighted by Gasteiger charge is 2.34. The lowest BCUT2D eigenvalue weighted by atomic mass is 10.1. The summed E-state index contributed by atoms with van der Waals surface area (Å²) in [4.78, 5) is 21.5. The topological polar surface area (TPSA) is 72.8 Å². The van der Waals surface area contributed by atoms with Crippen molar-refractivity contribution in [1.29, 1.82) is 0 Å². The lowest BCUT2D eigenvalue weighted by Gasteiger charge is -2.22. The molecule has 14 heavy (non-hydrogen) atoms. The van der Waals surface area contributed by atoms with E-state index in [0.717, 1.165) is 0 Å². The second-order valence-electron chi connectivity index (χ2n) is 3.25. The Morgan fingerprint density at radius 2 is 2.00 bits per heavy atom. The molecule has 0 amide bonds. The molecule has 0 heterocycles. The van der Waals surface area contributed by atoms with Crippen molar-refractivity contribution in [3.63, 3.8) is 0 Å². The zero-order valence-corrected chi connectivity index (χ0v) is 9.00. The molecular weight excluding hydrogens is 212 g/mol. The van der Waals surface area contributed by atoms with Crippen LogP contribution in [-0.4, -0.2) is 34.8 Å². The van der Waals surface area contributed by atoms with Crippen LogP contribution in [0.1, 0.15) is 20.8 Å². The Morgan fingerprint density at radius 1 is 1.50 bits per heavy atom. The summed E-state index contributed by atoms with van der Waals surface area (Å²) in [5, 5.41) is 8.33. The van der Waals surface area contributed by atoms with E-state index < -0.39 is 23.8 Å². The minimum absolute atomic E-state index is 0.148. The zero-order valence-electron chi connectivity index (χ0n) is 8.24. The molecule has 0 aromatic heterocycles. The van der Waals surface area contributed by atoms with Crippen molar-refractivity contribution in [3.05, 3.63) is 0 Å². The second-order valence-corrected chi connectivity index (χ2v) is 3.56. The molecule has 82 valence electrons. The Bertz CT molecular complexity index is 226. The number of esters is 1. The Labute approximate surface area is 86.9 Å². The average Bonchev–Trinajstić information content (AvgIpc) is 2.01. The number of hydrogen-bond donors (Lipinski definition) is 1. The van der Waals surface area contributed by atoms with Crippen LogP contribution in [0.15, 0.2) is 0 Å². The fourth-order valence-electron chi connectivity index (χ4n) is 0.616. The molecule has 1 N–H and O–H groups in total. The summed E-state index contributed by atoms with van der Waals surface area (Å²) in [6, 6.07) is 0. The third-order valence-corrected chi connectivity index (χ3v) is 1.79. The first-order valence-corrected chi connectivity index (χ1v) is 4.52. The van der Waals surface area contributed by atoms with Crippen molar-refractivity contribution in [2.45, 2.75) is 32.5 Å². The maximum atomic E-state index is 11.3.